The van der Waals surface area contributed by atoms with E-state index in [1.165, 1.54) is 6.20 Å². The second kappa shape index (κ2) is 5.69. The van der Waals surface area contributed by atoms with Crippen LogP contribution in [0, 0.1) is 5.82 Å². The normalized spacial score (nSPS) is 13.2. The van der Waals surface area contributed by atoms with Gasteiger partial charge in [-0.2, -0.15) is 13.2 Å². The van der Waals surface area contributed by atoms with Gasteiger partial charge in [-0.3, -0.25) is 0 Å². The first-order valence-corrected chi connectivity index (χ1v) is 6.10. The monoisotopic (exact) mass is 299 g/mol. The van der Waals surface area contributed by atoms with Crippen LogP contribution in [0.25, 0.3) is 0 Å². The van der Waals surface area contributed by atoms with E-state index in [9.17, 15) is 17.6 Å². The molecule has 0 saturated carbocycles. The lowest BCUT2D eigenvalue weighted by Gasteiger charge is -2.19. The second-order valence-electron chi connectivity index (χ2n) is 4.59. The van der Waals surface area contributed by atoms with Crippen molar-refractivity contribution in [2.24, 2.45) is 5.73 Å². The van der Waals surface area contributed by atoms with Crippen molar-refractivity contribution < 1.29 is 17.6 Å². The van der Waals surface area contributed by atoms with Crippen molar-refractivity contribution in [1.82, 2.24) is 4.98 Å². The fourth-order valence-electron chi connectivity index (χ4n) is 2.07. The molecule has 0 aliphatic heterocycles. The summed E-state index contributed by atoms with van der Waals surface area (Å²) in [6.07, 6.45) is -3.10. The topological polar surface area (TPSA) is 64.9 Å². The lowest BCUT2D eigenvalue weighted by atomic mass is 9.95. The molecule has 2 aromatic rings. The average Bonchev–Trinajstić information content (AvgIpc) is 2.40. The van der Waals surface area contributed by atoms with E-state index in [2.05, 4.69) is 4.98 Å². The zero-order valence-electron chi connectivity index (χ0n) is 10.9. The molecular weight excluding hydrogens is 286 g/mol. The van der Waals surface area contributed by atoms with Gasteiger partial charge in [0, 0.05) is 12.2 Å². The van der Waals surface area contributed by atoms with Gasteiger partial charge in [-0.05, 0) is 41.8 Å². The largest absolute Gasteiger partial charge is 0.416 e. The summed E-state index contributed by atoms with van der Waals surface area (Å²) in [5.41, 5.74) is 10.7. The van der Waals surface area contributed by atoms with Crippen molar-refractivity contribution >= 4 is 5.82 Å². The number of aromatic nitrogens is 1. The molecule has 0 bridgehead atoms. The number of anilines is 1. The van der Waals surface area contributed by atoms with Gasteiger partial charge >= 0.3 is 6.18 Å². The number of benzene rings is 1. The zero-order valence-corrected chi connectivity index (χ0v) is 10.9. The van der Waals surface area contributed by atoms with Crippen molar-refractivity contribution in [2.75, 3.05) is 5.73 Å². The number of nitrogen functional groups attached to an aromatic ring is 1. The maximum Gasteiger partial charge on any atom is 0.416 e. The molecule has 1 heterocycles. The van der Waals surface area contributed by atoms with Gasteiger partial charge in [0.25, 0.3) is 0 Å². The lowest BCUT2D eigenvalue weighted by Crippen LogP contribution is -2.20. The van der Waals surface area contributed by atoms with Gasteiger partial charge in [-0.15, -0.1) is 0 Å². The molecule has 2 rings (SSSR count). The highest BCUT2D eigenvalue weighted by Crippen LogP contribution is 2.35. The maximum atomic E-state index is 13.3. The van der Waals surface area contributed by atoms with Crippen LogP contribution in [-0.4, -0.2) is 4.98 Å². The summed E-state index contributed by atoms with van der Waals surface area (Å²) >= 11 is 0. The highest BCUT2D eigenvalue weighted by Gasteiger charge is 2.34. The number of halogens is 4. The van der Waals surface area contributed by atoms with E-state index in [0.29, 0.717) is 11.6 Å². The Hall–Kier alpha value is -2.15. The third-order valence-electron chi connectivity index (χ3n) is 3.08. The van der Waals surface area contributed by atoms with Gasteiger partial charge in [0.05, 0.1) is 5.56 Å². The van der Waals surface area contributed by atoms with E-state index in [1.807, 2.05) is 0 Å². The SMILES string of the molecule is Nc1ncccc1CC(N)c1cc(F)ccc1C(F)(F)F. The lowest BCUT2D eigenvalue weighted by molar-refractivity contribution is -0.138. The van der Waals surface area contributed by atoms with E-state index in [4.69, 9.17) is 11.5 Å². The summed E-state index contributed by atoms with van der Waals surface area (Å²) in [6.45, 7) is 0. The standard InChI is InChI=1S/C14H13F4N3/c15-9-3-4-11(14(16,17)18)10(7-9)12(19)6-8-2-1-5-21-13(8)20/h1-5,7,12H,6,19H2,(H2,20,21). The molecule has 0 fully saturated rings. The molecule has 0 saturated heterocycles. The van der Waals surface area contributed by atoms with Gasteiger partial charge in [-0.1, -0.05) is 6.07 Å². The van der Waals surface area contributed by atoms with Gasteiger partial charge in [0.15, 0.2) is 0 Å². The predicted molar refractivity (Wildman–Crippen MR) is 70.7 cm³/mol. The van der Waals surface area contributed by atoms with E-state index in [-0.39, 0.29) is 17.8 Å². The molecule has 7 heteroatoms. The van der Waals surface area contributed by atoms with Crippen molar-refractivity contribution in [3.63, 3.8) is 0 Å². The van der Waals surface area contributed by atoms with Crippen molar-refractivity contribution in [3.05, 3.63) is 59.0 Å². The zero-order chi connectivity index (χ0) is 15.6. The molecule has 112 valence electrons. The molecule has 1 atom stereocenters. The van der Waals surface area contributed by atoms with Crippen LogP contribution in [0.2, 0.25) is 0 Å². The van der Waals surface area contributed by atoms with E-state index < -0.39 is 23.6 Å². The third kappa shape index (κ3) is 3.49. The van der Waals surface area contributed by atoms with Crippen molar-refractivity contribution in [1.29, 1.82) is 0 Å². The van der Waals surface area contributed by atoms with E-state index in [1.54, 1.807) is 12.1 Å². The van der Waals surface area contributed by atoms with Crippen LogP contribution in [0.4, 0.5) is 23.4 Å². The number of hydrogen-bond acceptors (Lipinski definition) is 3. The highest BCUT2D eigenvalue weighted by molar-refractivity contribution is 5.41. The second-order valence-corrected chi connectivity index (χ2v) is 4.59. The number of hydrogen-bond donors (Lipinski definition) is 2. The molecule has 4 N–H and O–H groups in total. The Bertz CT molecular complexity index is 640. The van der Waals surface area contributed by atoms with Crippen LogP contribution < -0.4 is 11.5 Å². The minimum atomic E-state index is -4.60. The molecule has 0 spiro atoms. The quantitative estimate of drug-likeness (QED) is 0.856. The number of pyridine rings is 1. The van der Waals surface area contributed by atoms with Crippen LogP contribution >= 0.6 is 0 Å². The van der Waals surface area contributed by atoms with Crippen molar-refractivity contribution in [3.8, 4) is 0 Å². The summed E-state index contributed by atoms with van der Waals surface area (Å²) in [4.78, 5) is 3.84. The highest BCUT2D eigenvalue weighted by atomic mass is 19.4. The van der Waals surface area contributed by atoms with Gasteiger partial charge in [0.1, 0.15) is 11.6 Å². The molecule has 0 amide bonds. The number of rotatable bonds is 3. The Morgan fingerprint density at radius 2 is 1.90 bits per heavy atom. The summed E-state index contributed by atoms with van der Waals surface area (Å²) < 4.78 is 52.1. The molecule has 0 aliphatic carbocycles. The molecule has 3 nitrogen and oxygen atoms in total. The van der Waals surface area contributed by atoms with E-state index in [0.717, 1.165) is 12.1 Å². The maximum absolute atomic E-state index is 13.3. The third-order valence-corrected chi connectivity index (χ3v) is 3.08. The molecule has 1 unspecified atom stereocenters. The Kier molecular flexibility index (Phi) is 4.13. The van der Waals surface area contributed by atoms with Crippen LogP contribution in [0.5, 0.6) is 0 Å². The molecule has 0 aliphatic rings. The van der Waals surface area contributed by atoms with Crippen molar-refractivity contribution in [2.45, 2.75) is 18.6 Å². The van der Waals surface area contributed by atoms with Crippen LogP contribution in [0.3, 0.4) is 0 Å². The Labute approximate surface area is 118 Å². The summed E-state index contributed by atoms with van der Waals surface area (Å²) in [7, 11) is 0. The Morgan fingerprint density at radius 3 is 2.52 bits per heavy atom. The summed E-state index contributed by atoms with van der Waals surface area (Å²) in [6, 6.07) is 4.45. The number of nitrogens with zero attached hydrogens (tertiary/aromatic N) is 1. The first-order valence-electron chi connectivity index (χ1n) is 6.10. The van der Waals surface area contributed by atoms with Gasteiger partial charge in [-0.25, -0.2) is 9.37 Å². The van der Waals surface area contributed by atoms with Gasteiger partial charge < -0.3 is 11.5 Å². The fourth-order valence-corrected chi connectivity index (χ4v) is 2.07. The van der Waals surface area contributed by atoms with Crippen LogP contribution in [0.1, 0.15) is 22.7 Å². The fraction of sp³-hybridized carbons (Fsp3) is 0.214. The molecule has 1 aromatic heterocycles. The van der Waals surface area contributed by atoms with Gasteiger partial charge in [0.2, 0.25) is 0 Å². The van der Waals surface area contributed by atoms with Crippen LogP contribution in [-0.2, 0) is 12.6 Å². The smallest absolute Gasteiger partial charge is 0.383 e. The molecule has 21 heavy (non-hydrogen) atoms. The molecular formula is C14H13F4N3. The predicted octanol–water partition coefficient (Wildman–Crippen LogP) is 3.06. The van der Waals surface area contributed by atoms with E-state index >= 15 is 0 Å². The summed E-state index contributed by atoms with van der Waals surface area (Å²) in [5, 5.41) is 0. The first kappa shape index (κ1) is 15.2. The number of nitrogens with two attached hydrogens (primary N) is 2. The molecule has 0 radical (unpaired) electrons. The summed E-state index contributed by atoms with van der Waals surface area (Å²) in [5.74, 6) is -0.578. The first-order chi connectivity index (χ1) is 9.79. The average molecular weight is 299 g/mol. The van der Waals surface area contributed by atoms with Crippen LogP contribution in [0.15, 0.2) is 36.5 Å². The minimum absolute atomic E-state index is 0.0339. The minimum Gasteiger partial charge on any atom is -0.383 e. The Balaban J connectivity index is 2.37. The Morgan fingerprint density at radius 1 is 1.19 bits per heavy atom. The number of alkyl halides is 3. The molecule has 1 aromatic carbocycles.